The molecule has 2 fully saturated rings. The fourth-order valence-corrected chi connectivity index (χ4v) is 3.51. The third kappa shape index (κ3) is 3.25. The van der Waals surface area contributed by atoms with E-state index < -0.39 is 0 Å². The van der Waals surface area contributed by atoms with Crippen LogP contribution in [0.1, 0.15) is 40.5 Å². The van der Waals surface area contributed by atoms with Crippen molar-refractivity contribution in [2.45, 2.75) is 58.7 Å². The van der Waals surface area contributed by atoms with Crippen LogP contribution in [0.15, 0.2) is 0 Å². The molecule has 2 rings (SSSR count). The van der Waals surface area contributed by atoms with Crippen molar-refractivity contribution in [1.29, 1.82) is 0 Å². The largest absolute Gasteiger partial charge is 0.381 e. The molecule has 106 valence electrons. The summed E-state index contributed by atoms with van der Waals surface area (Å²) in [5.41, 5.74) is 0. The van der Waals surface area contributed by atoms with Crippen LogP contribution in [0.5, 0.6) is 0 Å². The predicted octanol–water partition coefficient (Wildman–Crippen LogP) is 2.12. The zero-order valence-electron chi connectivity index (χ0n) is 12.5. The summed E-state index contributed by atoms with van der Waals surface area (Å²) < 4.78 is 5.50. The Morgan fingerprint density at radius 2 is 1.83 bits per heavy atom. The molecule has 3 unspecified atom stereocenters. The predicted molar refractivity (Wildman–Crippen MR) is 75.8 cm³/mol. The number of rotatable bonds is 3. The summed E-state index contributed by atoms with van der Waals surface area (Å²) in [6.07, 6.45) is 2.48. The lowest BCUT2D eigenvalue weighted by Gasteiger charge is -2.47. The molecule has 2 heterocycles. The highest BCUT2D eigenvalue weighted by molar-refractivity contribution is 4.91. The van der Waals surface area contributed by atoms with E-state index >= 15 is 0 Å². The van der Waals surface area contributed by atoms with Crippen LogP contribution >= 0.6 is 0 Å². The van der Waals surface area contributed by atoms with Gasteiger partial charge in [0.2, 0.25) is 0 Å². The molecule has 2 aliphatic heterocycles. The van der Waals surface area contributed by atoms with Gasteiger partial charge in [-0.1, -0.05) is 13.8 Å². The standard InChI is InChI=1S/C15H30N2O/c1-11(2)15-9-16-12(3)10-17(15)13(4)14-5-7-18-8-6-14/h11-16H,5-10H2,1-4H3. The van der Waals surface area contributed by atoms with Gasteiger partial charge in [0.15, 0.2) is 0 Å². The Kier molecular flexibility index (Phi) is 5.05. The minimum Gasteiger partial charge on any atom is -0.381 e. The number of nitrogens with one attached hydrogen (secondary N) is 1. The first kappa shape index (κ1) is 14.3. The average molecular weight is 254 g/mol. The smallest absolute Gasteiger partial charge is 0.0469 e. The third-order valence-electron chi connectivity index (χ3n) is 4.83. The van der Waals surface area contributed by atoms with Gasteiger partial charge < -0.3 is 10.1 Å². The summed E-state index contributed by atoms with van der Waals surface area (Å²) in [4.78, 5) is 2.77. The molecular formula is C15H30N2O. The lowest BCUT2D eigenvalue weighted by Crippen LogP contribution is -2.61. The van der Waals surface area contributed by atoms with Gasteiger partial charge in [0.1, 0.15) is 0 Å². The molecule has 2 saturated heterocycles. The lowest BCUT2D eigenvalue weighted by atomic mass is 9.88. The Labute approximate surface area is 112 Å². The summed E-state index contributed by atoms with van der Waals surface area (Å²) >= 11 is 0. The lowest BCUT2D eigenvalue weighted by molar-refractivity contribution is -0.00461. The van der Waals surface area contributed by atoms with E-state index in [9.17, 15) is 0 Å². The molecule has 0 bridgehead atoms. The SMILES string of the molecule is CC1CN(C(C)C2CCOCC2)C(C(C)C)CN1. The van der Waals surface area contributed by atoms with Crippen LogP contribution in [0.2, 0.25) is 0 Å². The second-order valence-corrected chi connectivity index (χ2v) is 6.51. The van der Waals surface area contributed by atoms with Crippen molar-refractivity contribution in [3.63, 3.8) is 0 Å². The molecule has 0 spiro atoms. The second-order valence-electron chi connectivity index (χ2n) is 6.51. The normalized spacial score (nSPS) is 33.8. The molecule has 0 aliphatic carbocycles. The maximum Gasteiger partial charge on any atom is 0.0469 e. The molecule has 1 N–H and O–H groups in total. The van der Waals surface area contributed by atoms with Gasteiger partial charge in [0.25, 0.3) is 0 Å². The van der Waals surface area contributed by atoms with Gasteiger partial charge in [-0.3, -0.25) is 4.90 Å². The molecule has 0 aromatic carbocycles. The highest BCUT2D eigenvalue weighted by Gasteiger charge is 2.34. The van der Waals surface area contributed by atoms with Gasteiger partial charge in [-0.15, -0.1) is 0 Å². The maximum absolute atomic E-state index is 5.50. The fraction of sp³-hybridized carbons (Fsp3) is 1.00. The van der Waals surface area contributed by atoms with Crippen molar-refractivity contribution in [3.05, 3.63) is 0 Å². The monoisotopic (exact) mass is 254 g/mol. The summed E-state index contributed by atoms with van der Waals surface area (Å²) in [7, 11) is 0. The quantitative estimate of drug-likeness (QED) is 0.835. The van der Waals surface area contributed by atoms with E-state index in [1.54, 1.807) is 0 Å². The van der Waals surface area contributed by atoms with Gasteiger partial charge >= 0.3 is 0 Å². The van der Waals surface area contributed by atoms with Crippen molar-refractivity contribution in [2.75, 3.05) is 26.3 Å². The Morgan fingerprint density at radius 1 is 1.17 bits per heavy atom. The highest BCUT2D eigenvalue weighted by Crippen LogP contribution is 2.27. The van der Waals surface area contributed by atoms with E-state index in [0.717, 1.165) is 31.6 Å². The van der Waals surface area contributed by atoms with Crippen LogP contribution in [-0.2, 0) is 4.74 Å². The zero-order chi connectivity index (χ0) is 13.1. The summed E-state index contributed by atoms with van der Waals surface area (Å²) in [6.45, 7) is 13.7. The van der Waals surface area contributed by atoms with E-state index in [-0.39, 0.29) is 0 Å². The maximum atomic E-state index is 5.50. The number of piperazine rings is 1. The highest BCUT2D eigenvalue weighted by atomic mass is 16.5. The minimum absolute atomic E-state index is 0.627. The summed E-state index contributed by atoms with van der Waals surface area (Å²) in [5.74, 6) is 1.55. The Morgan fingerprint density at radius 3 is 2.44 bits per heavy atom. The van der Waals surface area contributed by atoms with Crippen LogP contribution in [0.4, 0.5) is 0 Å². The van der Waals surface area contributed by atoms with Crippen molar-refractivity contribution < 1.29 is 4.74 Å². The Balaban J connectivity index is 2.01. The molecule has 3 atom stereocenters. The van der Waals surface area contributed by atoms with E-state index in [2.05, 4.69) is 37.9 Å². The zero-order valence-corrected chi connectivity index (χ0v) is 12.5. The van der Waals surface area contributed by atoms with Crippen LogP contribution in [0.3, 0.4) is 0 Å². The average Bonchev–Trinajstić information content (AvgIpc) is 2.38. The van der Waals surface area contributed by atoms with Gasteiger partial charge in [-0.25, -0.2) is 0 Å². The second kappa shape index (κ2) is 6.36. The van der Waals surface area contributed by atoms with Gasteiger partial charge in [0.05, 0.1) is 0 Å². The van der Waals surface area contributed by atoms with Crippen LogP contribution in [-0.4, -0.2) is 49.3 Å². The first-order chi connectivity index (χ1) is 8.59. The van der Waals surface area contributed by atoms with Crippen LogP contribution in [0, 0.1) is 11.8 Å². The van der Waals surface area contributed by atoms with Crippen molar-refractivity contribution in [1.82, 2.24) is 10.2 Å². The Hall–Kier alpha value is -0.120. The van der Waals surface area contributed by atoms with E-state index in [4.69, 9.17) is 4.74 Å². The van der Waals surface area contributed by atoms with Crippen molar-refractivity contribution >= 4 is 0 Å². The Bertz CT molecular complexity index is 251. The molecular weight excluding hydrogens is 224 g/mol. The molecule has 0 amide bonds. The van der Waals surface area contributed by atoms with E-state index in [0.29, 0.717) is 18.1 Å². The number of nitrogens with zero attached hydrogens (tertiary/aromatic N) is 1. The first-order valence-electron chi connectivity index (χ1n) is 7.66. The van der Waals surface area contributed by atoms with Crippen molar-refractivity contribution in [2.24, 2.45) is 11.8 Å². The fourth-order valence-electron chi connectivity index (χ4n) is 3.51. The molecule has 2 aliphatic rings. The van der Waals surface area contributed by atoms with Crippen LogP contribution < -0.4 is 5.32 Å². The number of hydrogen-bond acceptors (Lipinski definition) is 3. The summed E-state index contributed by atoms with van der Waals surface area (Å²) in [5, 5.41) is 3.63. The molecule has 0 saturated carbocycles. The summed E-state index contributed by atoms with van der Waals surface area (Å²) in [6, 6.07) is 2.02. The molecule has 18 heavy (non-hydrogen) atoms. The van der Waals surface area contributed by atoms with Crippen LogP contribution in [0.25, 0.3) is 0 Å². The molecule has 3 heteroatoms. The van der Waals surface area contributed by atoms with E-state index in [1.165, 1.54) is 19.4 Å². The minimum atomic E-state index is 0.627. The molecule has 0 aromatic rings. The topological polar surface area (TPSA) is 24.5 Å². The van der Waals surface area contributed by atoms with Gasteiger partial charge in [-0.05, 0) is 38.5 Å². The molecule has 0 radical (unpaired) electrons. The third-order valence-corrected chi connectivity index (χ3v) is 4.83. The van der Waals surface area contributed by atoms with Crippen molar-refractivity contribution in [3.8, 4) is 0 Å². The van der Waals surface area contributed by atoms with E-state index in [1.807, 2.05) is 0 Å². The van der Waals surface area contributed by atoms with Gasteiger partial charge in [-0.2, -0.15) is 0 Å². The number of ether oxygens (including phenoxy) is 1. The molecule has 3 nitrogen and oxygen atoms in total. The first-order valence-corrected chi connectivity index (χ1v) is 7.66. The van der Waals surface area contributed by atoms with Gasteiger partial charge in [0, 0.05) is 44.4 Å². The number of hydrogen-bond donors (Lipinski definition) is 1. The molecule has 0 aromatic heterocycles.